The quantitative estimate of drug-likeness (QED) is 0.854. The van der Waals surface area contributed by atoms with Gasteiger partial charge in [-0.2, -0.15) is 5.10 Å². The number of carbonyl (C=O) groups excluding carboxylic acids is 1. The van der Waals surface area contributed by atoms with E-state index in [0.29, 0.717) is 5.56 Å². The van der Waals surface area contributed by atoms with Gasteiger partial charge in [0.15, 0.2) is 0 Å². The molecule has 0 aliphatic carbocycles. The van der Waals surface area contributed by atoms with Crippen molar-refractivity contribution in [2.24, 2.45) is 0 Å². The molecule has 5 nitrogen and oxygen atoms in total. The van der Waals surface area contributed by atoms with Crippen LogP contribution in [-0.4, -0.2) is 46.1 Å². The van der Waals surface area contributed by atoms with Crippen LogP contribution in [0.1, 0.15) is 17.3 Å². The summed E-state index contributed by atoms with van der Waals surface area (Å²) >= 11 is 0. The first-order valence-corrected chi connectivity index (χ1v) is 6.21. The summed E-state index contributed by atoms with van der Waals surface area (Å²) in [5, 5.41) is 7.50. The number of piperazine rings is 1. The molecule has 2 aromatic heterocycles. The molecule has 0 radical (unpaired) electrons. The van der Waals surface area contributed by atoms with Crippen LogP contribution in [0, 0.1) is 0 Å². The van der Waals surface area contributed by atoms with Crippen molar-refractivity contribution in [3.05, 3.63) is 36.2 Å². The van der Waals surface area contributed by atoms with Gasteiger partial charge in [0.1, 0.15) is 0 Å². The van der Waals surface area contributed by atoms with Crippen molar-refractivity contribution in [1.82, 2.24) is 19.8 Å². The van der Waals surface area contributed by atoms with Crippen molar-refractivity contribution in [2.45, 2.75) is 13.0 Å². The Balaban J connectivity index is 0.00000133. The number of rotatable bonds is 1. The molecule has 1 amide bonds. The van der Waals surface area contributed by atoms with Crippen molar-refractivity contribution >= 4 is 23.8 Å². The zero-order valence-corrected chi connectivity index (χ0v) is 11.6. The van der Waals surface area contributed by atoms with E-state index in [1.54, 1.807) is 10.7 Å². The van der Waals surface area contributed by atoms with E-state index in [4.69, 9.17) is 0 Å². The van der Waals surface area contributed by atoms with E-state index in [1.807, 2.05) is 29.3 Å². The maximum atomic E-state index is 12.5. The molecule has 1 saturated heterocycles. The summed E-state index contributed by atoms with van der Waals surface area (Å²) in [5.41, 5.74) is 1.55. The van der Waals surface area contributed by atoms with Crippen LogP contribution in [0.3, 0.4) is 0 Å². The second-order valence-corrected chi connectivity index (χ2v) is 4.64. The van der Waals surface area contributed by atoms with Crippen LogP contribution in [0.25, 0.3) is 5.52 Å². The molecule has 6 heteroatoms. The van der Waals surface area contributed by atoms with Crippen LogP contribution in [0.15, 0.2) is 30.6 Å². The Hall–Kier alpha value is -1.59. The largest absolute Gasteiger partial charge is 0.333 e. The van der Waals surface area contributed by atoms with Crippen LogP contribution in [0.5, 0.6) is 0 Å². The SMILES string of the molecule is CC1CNCCN1C(=O)c1cnn2ccccc12.Cl. The van der Waals surface area contributed by atoms with E-state index in [9.17, 15) is 4.79 Å². The van der Waals surface area contributed by atoms with Gasteiger partial charge in [-0.1, -0.05) is 6.07 Å². The number of hydrogen-bond donors (Lipinski definition) is 1. The van der Waals surface area contributed by atoms with Crippen LogP contribution in [0.4, 0.5) is 0 Å². The molecule has 2 aromatic rings. The fourth-order valence-corrected chi connectivity index (χ4v) is 2.40. The van der Waals surface area contributed by atoms with Gasteiger partial charge >= 0.3 is 0 Å². The van der Waals surface area contributed by atoms with Gasteiger partial charge in [-0.3, -0.25) is 4.79 Å². The highest BCUT2D eigenvalue weighted by molar-refractivity contribution is 6.00. The van der Waals surface area contributed by atoms with E-state index in [1.165, 1.54) is 0 Å². The van der Waals surface area contributed by atoms with Crippen molar-refractivity contribution in [3.8, 4) is 0 Å². The van der Waals surface area contributed by atoms with E-state index in [2.05, 4.69) is 17.3 Å². The van der Waals surface area contributed by atoms with E-state index >= 15 is 0 Å². The molecule has 3 rings (SSSR count). The lowest BCUT2D eigenvalue weighted by molar-refractivity contribution is 0.0658. The Bertz CT molecular complexity index is 583. The number of pyridine rings is 1. The zero-order valence-electron chi connectivity index (χ0n) is 10.7. The molecule has 0 bridgehead atoms. The minimum absolute atomic E-state index is 0. The second kappa shape index (κ2) is 5.59. The number of amides is 1. The van der Waals surface area contributed by atoms with Gasteiger partial charge < -0.3 is 10.2 Å². The van der Waals surface area contributed by atoms with Crippen LogP contribution in [0.2, 0.25) is 0 Å². The maximum absolute atomic E-state index is 12.5. The number of nitrogens with zero attached hydrogens (tertiary/aromatic N) is 3. The minimum Gasteiger partial charge on any atom is -0.333 e. The van der Waals surface area contributed by atoms with Gasteiger partial charge in [0.2, 0.25) is 0 Å². The molecule has 3 heterocycles. The van der Waals surface area contributed by atoms with Gasteiger partial charge in [-0.05, 0) is 19.1 Å². The van der Waals surface area contributed by atoms with E-state index < -0.39 is 0 Å². The molecule has 0 aromatic carbocycles. The highest BCUT2D eigenvalue weighted by Gasteiger charge is 2.25. The smallest absolute Gasteiger partial charge is 0.258 e. The van der Waals surface area contributed by atoms with Crippen molar-refractivity contribution < 1.29 is 4.79 Å². The van der Waals surface area contributed by atoms with Gasteiger partial charge in [-0.25, -0.2) is 4.52 Å². The monoisotopic (exact) mass is 280 g/mol. The molecule has 1 unspecified atom stereocenters. The van der Waals surface area contributed by atoms with Crippen LogP contribution in [-0.2, 0) is 0 Å². The fourth-order valence-electron chi connectivity index (χ4n) is 2.40. The molecule has 0 saturated carbocycles. The summed E-state index contributed by atoms with van der Waals surface area (Å²) in [6.45, 7) is 4.53. The number of halogens is 1. The topological polar surface area (TPSA) is 49.6 Å². The first kappa shape index (κ1) is 13.8. The van der Waals surface area contributed by atoms with E-state index in [-0.39, 0.29) is 24.4 Å². The fraction of sp³-hybridized carbons (Fsp3) is 0.385. The van der Waals surface area contributed by atoms with Gasteiger partial charge in [0, 0.05) is 31.9 Å². The Kier molecular flexibility index (Phi) is 4.07. The molecule has 1 aliphatic heterocycles. The first-order chi connectivity index (χ1) is 8.77. The normalized spacial score (nSPS) is 19.2. The standard InChI is InChI=1S/C13H16N4O.ClH/c1-10-8-14-5-7-16(10)13(18)11-9-15-17-6-3-2-4-12(11)17;/h2-4,6,9-10,14H,5,7-8H2,1H3;1H. The van der Waals surface area contributed by atoms with Crippen molar-refractivity contribution in [3.63, 3.8) is 0 Å². The molecule has 1 aliphatic rings. The maximum Gasteiger partial charge on any atom is 0.258 e. The van der Waals surface area contributed by atoms with Crippen LogP contribution < -0.4 is 5.32 Å². The number of hydrogen-bond acceptors (Lipinski definition) is 3. The van der Waals surface area contributed by atoms with Crippen molar-refractivity contribution in [1.29, 1.82) is 0 Å². The number of aromatic nitrogens is 2. The summed E-state index contributed by atoms with van der Waals surface area (Å²) in [4.78, 5) is 14.4. The summed E-state index contributed by atoms with van der Waals surface area (Å²) < 4.78 is 1.74. The average molecular weight is 281 g/mol. The zero-order chi connectivity index (χ0) is 12.5. The predicted molar refractivity (Wildman–Crippen MR) is 75.8 cm³/mol. The molecule has 1 N–H and O–H groups in total. The van der Waals surface area contributed by atoms with E-state index in [0.717, 1.165) is 25.2 Å². The predicted octanol–water partition coefficient (Wildman–Crippen LogP) is 1.19. The molecule has 1 atom stereocenters. The second-order valence-electron chi connectivity index (χ2n) is 4.64. The number of nitrogens with one attached hydrogen (secondary N) is 1. The molecular formula is C13H17ClN4O. The average Bonchev–Trinajstić information content (AvgIpc) is 2.82. The third-order valence-electron chi connectivity index (χ3n) is 3.42. The highest BCUT2D eigenvalue weighted by atomic mass is 35.5. The Labute approximate surface area is 118 Å². The van der Waals surface area contributed by atoms with Gasteiger partial charge in [-0.15, -0.1) is 12.4 Å². The lowest BCUT2D eigenvalue weighted by atomic mass is 10.1. The summed E-state index contributed by atoms with van der Waals surface area (Å²) in [6.07, 6.45) is 3.51. The number of carbonyl (C=O) groups is 1. The van der Waals surface area contributed by atoms with Crippen LogP contribution >= 0.6 is 12.4 Å². The first-order valence-electron chi connectivity index (χ1n) is 6.21. The minimum atomic E-state index is 0. The Morgan fingerprint density at radius 1 is 1.47 bits per heavy atom. The Morgan fingerprint density at radius 3 is 3.11 bits per heavy atom. The summed E-state index contributed by atoms with van der Waals surface area (Å²) in [5.74, 6) is 0.0743. The highest BCUT2D eigenvalue weighted by Crippen LogP contribution is 2.15. The Morgan fingerprint density at radius 2 is 2.32 bits per heavy atom. The molecule has 1 fully saturated rings. The molecular weight excluding hydrogens is 264 g/mol. The lowest BCUT2D eigenvalue weighted by Gasteiger charge is -2.33. The summed E-state index contributed by atoms with van der Waals surface area (Å²) in [6, 6.07) is 5.98. The molecule has 0 spiro atoms. The summed E-state index contributed by atoms with van der Waals surface area (Å²) in [7, 11) is 0. The van der Waals surface area contributed by atoms with Gasteiger partial charge in [0.05, 0.1) is 17.3 Å². The van der Waals surface area contributed by atoms with Gasteiger partial charge in [0.25, 0.3) is 5.91 Å². The molecule has 19 heavy (non-hydrogen) atoms. The third kappa shape index (κ3) is 2.43. The third-order valence-corrected chi connectivity index (χ3v) is 3.42. The number of fused-ring (bicyclic) bond motifs is 1. The van der Waals surface area contributed by atoms with Crippen molar-refractivity contribution in [2.75, 3.05) is 19.6 Å². The molecule has 102 valence electrons. The lowest BCUT2D eigenvalue weighted by Crippen LogP contribution is -2.52.